The van der Waals surface area contributed by atoms with Crippen molar-refractivity contribution in [3.05, 3.63) is 48.0 Å². The average Bonchev–Trinajstić information content (AvgIpc) is 3.72. The quantitative estimate of drug-likeness (QED) is 0.276. The molecule has 0 aromatic heterocycles. The smallest absolute Gasteiger partial charge is 0.255 e. The number of carbonyl (C=O) groups is 2. The second kappa shape index (κ2) is 13.3. The molecule has 280 valence electrons. The number of likely N-dealkylation sites (tertiary alicyclic amines) is 1. The van der Waals surface area contributed by atoms with Crippen LogP contribution in [0.15, 0.2) is 42.5 Å². The van der Waals surface area contributed by atoms with E-state index in [0.717, 1.165) is 68.8 Å². The number of aliphatic hydroxyl groups is 2. The van der Waals surface area contributed by atoms with Crippen LogP contribution in [-0.2, 0) is 4.79 Å². The maximum Gasteiger partial charge on any atom is 0.255 e. The summed E-state index contributed by atoms with van der Waals surface area (Å²) < 4.78 is 0. The van der Waals surface area contributed by atoms with E-state index in [1.54, 1.807) is 0 Å². The van der Waals surface area contributed by atoms with Crippen LogP contribution < -0.4 is 0 Å². The first-order valence-electron chi connectivity index (χ1n) is 20.5. The van der Waals surface area contributed by atoms with Crippen LogP contribution in [0.3, 0.4) is 0 Å². The zero-order valence-electron chi connectivity index (χ0n) is 32.2. The molecule has 0 bridgehead atoms. The van der Waals surface area contributed by atoms with Crippen molar-refractivity contribution in [2.24, 2.45) is 34.5 Å². The molecule has 8 rings (SSSR count). The van der Waals surface area contributed by atoms with E-state index in [0.29, 0.717) is 55.3 Å². The molecule has 2 saturated heterocycles. The highest BCUT2D eigenvalue weighted by molar-refractivity contribution is 6.83. The Hall–Kier alpha value is -2.70. The molecule has 2 aromatic carbocycles. The van der Waals surface area contributed by atoms with Crippen LogP contribution in [0.5, 0.6) is 0 Å². The van der Waals surface area contributed by atoms with Gasteiger partial charge in [0.1, 0.15) is 19.7 Å². The number of amides is 2. The summed E-state index contributed by atoms with van der Waals surface area (Å²) in [6.45, 7) is 15.1. The number of rotatable bonds is 3. The molecule has 10 atom stereocenters. The predicted octanol–water partition coefficient (Wildman–Crippen LogP) is 6.58. The van der Waals surface area contributed by atoms with Gasteiger partial charge in [-0.2, -0.15) is 0 Å². The van der Waals surface area contributed by atoms with E-state index in [2.05, 4.69) is 49.9 Å². The molecule has 2 aromatic rings. The van der Waals surface area contributed by atoms with Crippen LogP contribution in [0.2, 0.25) is 19.6 Å². The third kappa shape index (κ3) is 5.97. The highest BCUT2D eigenvalue weighted by Gasteiger charge is 2.65. The van der Waals surface area contributed by atoms with Crippen molar-refractivity contribution >= 4 is 30.7 Å². The molecule has 8 heteroatoms. The molecule has 6 aliphatic rings. The zero-order chi connectivity index (χ0) is 36.6. The fourth-order valence-corrected chi connectivity index (χ4v) is 13.1. The minimum Gasteiger partial charge on any atom is -0.391 e. The monoisotopic (exact) mass is 723 g/mol. The summed E-state index contributed by atoms with van der Waals surface area (Å²) >= 11 is 0. The highest BCUT2D eigenvalue weighted by atomic mass is 28.3. The lowest BCUT2D eigenvalue weighted by molar-refractivity contribution is -0.163. The summed E-state index contributed by atoms with van der Waals surface area (Å²) in [7, 11) is -1.60. The molecular weight excluding hydrogens is 663 g/mol. The van der Waals surface area contributed by atoms with Gasteiger partial charge in [-0.25, -0.2) is 0 Å². The Morgan fingerprint density at radius 1 is 0.865 bits per heavy atom. The Morgan fingerprint density at radius 3 is 2.37 bits per heavy atom. The van der Waals surface area contributed by atoms with E-state index in [1.807, 2.05) is 52.3 Å². The standard InChI is InChI=1S/C44H61N3O4Si/c1-42-29-38(39(48)28-31(42)15-16-34-35(42)17-19-43(2)36(34)18-20-44(43,51)21-27-52(3,4)5)45-23-25-46(26-24-45)41(50)37-14-9-22-47(37)40(49)33-13-8-11-30-10-6-7-12-32(30)33/h6-8,10-13,31,34-39,48,51H,9,14-20,22-26,28-29H2,1-5H3/t31?,34-,35+,36+,37+,38?,39?,42+,43+,44+/m1/s1. The number of carbonyl (C=O) groups excluding carboxylic acids is 2. The van der Waals surface area contributed by atoms with Gasteiger partial charge in [-0.05, 0) is 110 Å². The van der Waals surface area contributed by atoms with Crippen molar-refractivity contribution < 1.29 is 19.8 Å². The number of benzene rings is 2. The lowest BCUT2D eigenvalue weighted by atomic mass is 9.44. The number of nitrogens with zero attached hydrogens (tertiary/aromatic N) is 3. The molecule has 0 radical (unpaired) electrons. The summed E-state index contributed by atoms with van der Waals surface area (Å²) in [4.78, 5) is 34.2. The predicted molar refractivity (Wildman–Crippen MR) is 209 cm³/mol. The molecule has 2 aliphatic heterocycles. The number of hydrogen-bond acceptors (Lipinski definition) is 5. The minimum absolute atomic E-state index is 0.0463. The van der Waals surface area contributed by atoms with E-state index < -0.39 is 19.7 Å². The average molecular weight is 724 g/mol. The van der Waals surface area contributed by atoms with Gasteiger partial charge in [-0.3, -0.25) is 14.5 Å². The van der Waals surface area contributed by atoms with Gasteiger partial charge in [0.05, 0.1) is 6.10 Å². The third-order valence-corrected chi connectivity index (χ3v) is 16.3. The van der Waals surface area contributed by atoms with Gasteiger partial charge in [0.25, 0.3) is 5.91 Å². The third-order valence-electron chi connectivity index (χ3n) is 15.4. The van der Waals surface area contributed by atoms with E-state index in [1.165, 1.54) is 12.8 Å². The summed E-state index contributed by atoms with van der Waals surface area (Å²) in [6, 6.07) is 13.5. The molecular formula is C44H61N3O4Si. The first kappa shape index (κ1) is 36.3. The van der Waals surface area contributed by atoms with Gasteiger partial charge in [0.2, 0.25) is 5.91 Å². The van der Waals surface area contributed by atoms with Crippen LogP contribution in [0, 0.1) is 46.0 Å². The van der Waals surface area contributed by atoms with Crippen LogP contribution in [0.25, 0.3) is 10.8 Å². The summed E-state index contributed by atoms with van der Waals surface area (Å²) in [5.41, 5.74) is 3.36. The first-order chi connectivity index (χ1) is 24.7. The largest absolute Gasteiger partial charge is 0.391 e. The lowest BCUT2D eigenvalue weighted by Crippen LogP contribution is -2.63. The van der Waals surface area contributed by atoms with Crippen LogP contribution >= 0.6 is 0 Å². The molecule has 6 fully saturated rings. The van der Waals surface area contributed by atoms with Crippen LogP contribution in [0.4, 0.5) is 0 Å². The molecule has 2 amide bonds. The van der Waals surface area contributed by atoms with Crippen molar-refractivity contribution in [2.45, 2.75) is 121 Å². The van der Waals surface area contributed by atoms with Crippen molar-refractivity contribution in [1.82, 2.24) is 14.7 Å². The fraction of sp³-hybridized carbons (Fsp3) is 0.682. The second-order valence-corrected chi connectivity index (χ2v) is 23.9. The maximum atomic E-state index is 14.0. The normalized spacial score (nSPS) is 39.3. The van der Waals surface area contributed by atoms with Gasteiger partial charge in [-0.1, -0.05) is 75.8 Å². The van der Waals surface area contributed by atoms with E-state index in [-0.39, 0.29) is 34.8 Å². The summed E-state index contributed by atoms with van der Waals surface area (Å²) in [6.07, 6.45) is 9.51. The molecule has 7 nitrogen and oxygen atoms in total. The Bertz CT molecular complexity index is 1770. The van der Waals surface area contributed by atoms with Gasteiger partial charge >= 0.3 is 0 Å². The fourth-order valence-electron chi connectivity index (χ4n) is 12.5. The molecule has 4 aliphatic carbocycles. The zero-order valence-corrected chi connectivity index (χ0v) is 33.2. The van der Waals surface area contributed by atoms with E-state index in [9.17, 15) is 19.8 Å². The molecule has 4 saturated carbocycles. The van der Waals surface area contributed by atoms with Gasteiger partial charge in [-0.15, -0.1) is 5.54 Å². The number of aliphatic hydroxyl groups excluding tert-OH is 1. The minimum atomic E-state index is -1.60. The topological polar surface area (TPSA) is 84.3 Å². The Balaban J connectivity index is 0.931. The summed E-state index contributed by atoms with van der Waals surface area (Å²) in [5, 5.41) is 25.7. The Kier molecular flexibility index (Phi) is 9.25. The van der Waals surface area contributed by atoms with Crippen molar-refractivity contribution in [3.63, 3.8) is 0 Å². The van der Waals surface area contributed by atoms with Crippen molar-refractivity contribution in [2.75, 3.05) is 32.7 Å². The second-order valence-electron chi connectivity index (χ2n) is 19.1. The van der Waals surface area contributed by atoms with Gasteiger partial charge < -0.3 is 20.0 Å². The molecule has 2 heterocycles. The Morgan fingerprint density at radius 2 is 1.60 bits per heavy atom. The number of hydrogen-bond donors (Lipinski definition) is 2. The molecule has 0 spiro atoms. The maximum absolute atomic E-state index is 14.0. The SMILES string of the molecule is C[C@]12CC(N3CCN(C(=O)[C@@H]4CCCN4C(=O)c4cccc5ccccc45)CC3)C(O)CC1CC[C@@H]1[C@@H]2CC[C@@]2(C)[C@H]1CC[C@]2(O)C#C[Si](C)(C)C. The summed E-state index contributed by atoms with van der Waals surface area (Å²) in [5.74, 6) is 5.78. The number of piperazine rings is 1. The van der Waals surface area contributed by atoms with Crippen molar-refractivity contribution in [3.8, 4) is 11.5 Å². The lowest BCUT2D eigenvalue weighted by Gasteiger charge is -2.63. The van der Waals surface area contributed by atoms with Gasteiger partial charge in [0.15, 0.2) is 0 Å². The van der Waals surface area contributed by atoms with Gasteiger partial charge in [0, 0.05) is 49.7 Å². The van der Waals surface area contributed by atoms with Crippen LogP contribution in [0.1, 0.15) is 88.4 Å². The molecule has 2 N–H and O–H groups in total. The highest BCUT2D eigenvalue weighted by Crippen LogP contribution is 2.68. The molecule has 3 unspecified atom stereocenters. The molecule has 52 heavy (non-hydrogen) atoms. The Labute approximate surface area is 312 Å². The van der Waals surface area contributed by atoms with Crippen LogP contribution in [-0.4, -0.2) is 101 Å². The number of fused-ring (bicyclic) bond motifs is 6. The van der Waals surface area contributed by atoms with E-state index >= 15 is 0 Å². The van der Waals surface area contributed by atoms with E-state index in [4.69, 9.17) is 0 Å². The first-order valence-corrected chi connectivity index (χ1v) is 24.0. The van der Waals surface area contributed by atoms with Crippen molar-refractivity contribution in [1.29, 1.82) is 0 Å².